The lowest BCUT2D eigenvalue weighted by molar-refractivity contribution is -0.140. The monoisotopic (exact) mass is 386 g/mol. The number of hydrogen-bond donors (Lipinski definition) is 1. The van der Waals surface area contributed by atoms with Crippen molar-refractivity contribution in [2.45, 2.75) is 6.42 Å². The average Bonchev–Trinajstić information content (AvgIpc) is 2.41. The Bertz CT molecular complexity index is 639. The molecular weight excluding hydrogens is 374 g/mol. The number of nitrogens with zero attached hydrogens (tertiary/aromatic N) is 1. The van der Waals surface area contributed by atoms with Gasteiger partial charge in [-0.3, -0.25) is 9.52 Å². The van der Waals surface area contributed by atoms with Crippen molar-refractivity contribution in [3.63, 3.8) is 0 Å². The van der Waals surface area contributed by atoms with Crippen molar-refractivity contribution >= 4 is 37.8 Å². The largest absolute Gasteiger partial charge is 0.469 e. The van der Waals surface area contributed by atoms with Crippen LogP contribution in [0.25, 0.3) is 0 Å². The topological polar surface area (TPSA) is 75.7 Å². The van der Waals surface area contributed by atoms with Gasteiger partial charge in [-0.05, 0) is 22.0 Å². The number of carbonyl (C=O) groups is 1. The molecule has 1 rings (SSSR count). The molecule has 0 aliphatic carbocycles. The van der Waals surface area contributed by atoms with Crippen LogP contribution in [-0.4, -0.2) is 39.4 Å². The van der Waals surface area contributed by atoms with Crippen molar-refractivity contribution in [3.8, 4) is 0 Å². The summed E-state index contributed by atoms with van der Waals surface area (Å²) in [7, 11) is -1.75. The van der Waals surface area contributed by atoms with Gasteiger partial charge >= 0.3 is 16.2 Å². The van der Waals surface area contributed by atoms with E-state index in [0.29, 0.717) is 6.07 Å². The van der Waals surface area contributed by atoms with Crippen LogP contribution in [-0.2, 0) is 19.7 Å². The molecule has 0 atom stereocenters. The molecule has 1 N–H and O–H groups in total. The van der Waals surface area contributed by atoms with Gasteiger partial charge in [0.25, 0.3) is 0 Å². The van der Waals surface area contributed by atoms with Crippen LogP contribution < -0.4 is 4.72 Å². The Kier molecular flexibility index (Phi) is 6.05. The highest BCUT2D eigenvalue weighted by atomic mass is 79.9. The van der Waals surface area contributed by atoms with Crippen LogP contribution >= 0.6 is 15.9 Å². The van der Waals surface area contributed by atoms with Gasteiger partial charge in [0, 0.05) is 19.7 Å². The van der Waals surface area contributed by atoms with E-state index in [0.717, 1.165) is 10.4 Å². The lowest BCUT2D eigenvalue weighted by Gasteiger charge is -2.18. The van der Waals surface area contributed by atoms with Gasteiger partial charge in [-0.25, -0.2) is 8.78 Å². The van der Waals surface area contributed by atoms with E-state index < -0.39 is 33.5 Å². The molecule has 6 nitrogen and oxygen atoms in total. The van der Waals surface area contributed by atoms with E-state index in [2.05, 4.69) is 20.7 Å². The van der Waals surface area contributed by atoms with Crippen LogP contribution in [0, 0.1) is 11.6 Å². The van der Waals surface area contributed by atoms with Gasteiger partial charge in [0.05, 0.1) is 23.7 Å². The predicted octanol–water partition coefficient (Wildman–Crippen LogP) is 1.88. The zero-order valence-electron chi connectivity index (χ0n) is 11.2. The fourth-order valence-electron chi connectivity index (χ4n) is 1.29. The van der Waals surface area contributed by atoms with E-state index in [1.54, 1.807) is 0 Å². The molecule has 118 valence electrons. The number of rotatable bonds is 6. The molecule has 1 aromatic carbocycles. The molecule has 0 aliphatic rings. The van der Waals surface area contributed by atoms with E-state index in [4.69, 9.17) is 0 Å². The maximum atomic E-state index is 13.6. The third kappa shape index (κ3) is 4.90. The number of methoxy groups -OCH3 is 1. The second-order valence-electron chi connectivity index (χ2n) is 4.00. The Morgan fingerprint density at radius 3 is 2.57 bits per heavy atom. The van der Waals surface area contributed by atoms with Crippen LogP contribution in [0.15, 0.2) is 16.6 Å². The fraction of sp³-hybridized carbons (Fsp3) is 0.364. The summed E-state index contributed by atoms with van der Waals surface area (Å²) in [5.41, 5.74) is -0.527. The molecule has 0 aromatic heterocycles. The second-order valence-corrected chi connectivity index (χ2v) is 6.63. The van der Waals surface area contributed by atoms with Gasteiger partial charge in [-0.2, -0.15) is 12.7 Å². The van der Waals surface area contributed by atoms with Crippen LogP contribution in [0.4, 0.5) is 14.5 Å². The number of anilines is 1. The quantitative estimate of drug-likeness (QED) is 0.598. The third-order valence-corrected chi connectivity index (χ3v) is 4.61. The molecule has 0 spiro atoms. The molecular formula is C11H13BrF2N2O4S. The highest BCUT2D eigenvalue weighted by molar-refractivity contribution is 9.10. The third-order valence-electron chi connectivity index (χ3n) is 2.52. The van der Waals surface area contributed by atoms with Crippen molar-refractivity contribution in [3.05, 3.63) is 28.2 Å². The maximum Gasteiger partial charge on any atom is 0.306 e. The van der Waals surface area contributed by atoms with Crippen molar-refractivity contribution in [1.82, 2.24) is 4.31 Å². The van der Waals surface area contributed by atoms with E-state index in [9.17, 15) is 22.0 Å². The summed E-state index contributed by atoms with van der Waals surface area (Å²) in [6.45, 7) is -0.164. The molecule has 0 saturated heterocycles. The van der Waals surface area contributed by atoms with Gasteiger partial charge in [0.1, 0.15) is 11.6 Å². The number of ether oxygens (including phenoxy) is 1. The standard InChI is InChI=1S/C11H13BrF2N2O4S/c1-16(4-3-11(17)20-2)21(18,19)15-10-6-8(13)7(12)5-9(10)14/h5-6,15H,3-4H2,1-2H3. The molecule has 0 unspecified atom stereocenters. The Morgan fingerprint density at radius 2 is 2.00 bits per heavy atom. The SMILES string of the molecule is COC(=O)CCN(C)S(=O)(=O)Nc1cc(F)c(Br)cc1F. The van der Waals surface area contributed by atoms with Crippen molar-refractivity contribution in [2.24, 2.45) is 0 Å². The summed E-state index contributed by atoms with van der Waals surface area (Å²) in [5.74, 6) is -2.34. The summed E-state index contributed by atoms with van der Waals surface area (Å²) >= 11 is 2.78. The molecule has 0 radical (unpaired) electrons. The number of carbonyl (C=O) groups excluding carboxylic acids is 1. The number of benzene rings is 1. The average molecular weight is 387 g/mol. The Balaban J connectivity index is 2.85. The highest BCUT2D eigenvalue weighted by Crippen LogP contribution is 2.24. The summed E-state index contributed by atoms with van der Waals surface area (Å²) < 4.78 is 57.7. The van der Waals surface area contributed by atoms with Crippen LogP contribution in [0.1, 0.15) is 6.42 Å². The number of nitrogens with one attached hydrogen (secondary N) is 1. The fourth-order valence-corrected chi connectivity index (χ4v) is 2.53. The molecule has 10 heteroatoms. The Morgan fingerprint density at radius 1 is 1.38 bits per heavy atom. The molecule has 0 amide bonds. The van der Waals surface area contributed by atoms with Crippen molar-refractivity contribution in [1.29, 1.82) is 0 Å². The van der Waals surface area contributed by atoms with Crippen molar-refractivity contribution in [2.75, 3.05) is 25.4 Å². The molecule has 0 bridgehead atoms. The number of esters is 1. The van der Waals surface area contributed by atoms with Crippen LogP contribution in [0.5, 0.6) is 0 Å². The zero-order valence-corrected chi connectivity index (χ0v) is 13.6. The van der Waals surface area contributed by atoms with Crippen LogP contribution in [0.2, 0.25) is 0 Å². The molecule has 1 aromatic rings. The zero-order chi connectivity index (χ0) is 16.2. The Labute approximate surface area is 129 Å². The molecule has 0 heterocycles. The van der Waals surface area contributed by atoms with Gasteiger partial charge in [-0.15, -0.1) is 0 Å². The number of hydrogen-bond acceptors (Lipinski definition) is 4. The molecule has 21 heavy (non-hydrogen) atoms. The first-order valence-corrected chi connectivity index (χ1v) is 7.86. The van der Waals surface area contributed by atoms with Crippen molar-refractivity contribution < 1.29 is 26.7 Å². The minimum absolute atomic E-state index is 0.123. The van der Waals surface area contributed by atoms with Gasteiger partial charge in [0.2, 0.25) is 0 Å². The van der Waals surface area contributed by atoms with Crippen LogP contribution in [0.3, 0.4) is 0 Å². The normalized spacial score (nSPS) is 11.5. The smallest absolute Gasteiger partial charge is 0.306 e. The maximum absolute atomic E-state index is 13.6. The van der Waals surface area contributed by atoms with Gasteiger partial charge in [0.15, 0.2) is 0 Å². The Hall–Kier alpha value is -1.26. The second kappa shape index (κ2) is 7.14. The predicted molar refractivity (Wildman–Crippen MR) is 75.9 cm³/mol. The lowest BCUT2D eigenvalue weighted by Crippen LogP contribution is -2.34. The summed E-state index contributed by atoms with van der Waals surface area (Å²) in [6, 6.07) is 1.52. The van der Waals surface area contributed by atoms with Gasteiger partial charge < -0.3 is 4.74 Å². The summed E-state index contributed by atoms with van der Waals surface area (Å²) in [6.07, 6.45) is -0.162. The van der Waals surface area contributed by atoms with E-state index in [1.165, 1.54) is 14.2 Å². The minimum atomic E-state index is -4.12. The summed E-state index contributed by atoms with van der Waals surface area (Å²) in [5, 5.41) is 0. The first-order valence-electron chi connectivity index (χ1n) is 5.63. The molecule has 0 aliphatic heterocycles. The lowest BCUT2D eigenvalue weighted by atomic mass is 10.3. The van der Waals surface area contributed by atoms with E-state index in [1.807, 2.05) is 4.72 Å². The highest BCUT2D eigenvalue weighted by Gasteiger charge is 2.21. The minimum Gasteiger partial charge on any atom is -0.469 e. The molecule has 0 saturated carbocycles. The first kappa shape index (κ1) is 17.8. The summed E-state index contributed by atoms with van der Waals surface area (Å²) in [4.78, 5) is 11.0. The first-order chi connectivity index (χ1) is 9.67. The molecule has 0 fully saturated rings. The van der Waals surface area contributed by atoms with Gasteiger partial charge in [-0.1, -0.05) is 0 Å². The number of halogens is 3. The van der Waals surface area contributed by atoms with E-state index >= 15 is 0 Å². The van der Waals surface area contributed by atoms with E-state index in [-0.39, 0.29) is 17.4 Å².